The number of anilines is 2. The standard InChI is InChI=1S/C30H31Cl2N5O4/c31-23-14-24(32)16-25(15-23)35-30(36-33)37(26-12-10-21(11-13-26)20-4-2-1-3-5-20)18-19-6-8-22(9-7-19)28(39)34-17-27(38)29(40)41/h4,6-16,27,38H,1-3,5,17-18,33H2,(H,34,39)(H,35,36)(H,40,41)/t27-/m1/s1. The van der Waals surface area contributed by atoms with Gasteiger partial charge in [0.25, 0.3) is 5.91 Å². The number of carbonyl (C=O) groups is 2. The lowest BCUT2D eigenvalue weighted by atomic mass is 9.93. The summed E-state index contributed by atoms with van der Waals surface area (Å²) >= 11 is 12.4. The zero-order valence-electron chi connectivity index (χ0n) is 22.2. The molecule has 3 aromatic rings. The van der Waals surface area contributed by atoms with E-state index in [0.29, 0.717) is 33.8 Å². The Labute approximate surface area is 248 Å². The van der Waals surface area contributed by atoms with Gasteiger partial charge >= 0.3 is 5.97 Å². The number of halogens is 2. The van der Waals surface area contributed by atoms with Crippen LogP contribution in [-0.2, 0) is 11.3 Å². The molecule has 0 bridgehead atoms. The van der Waals surface area contributed by atoms with Crippen LogP contribution in [0.2, 0.25) is 10.0 Å². The number of nitrogens with zero attached hydrogens (tertiary/aromatic N) is 2. The van der Waals surface area contributed by atoms with E-state index in [-0.39, 0.29) is 0 Å². The van der Waals surface area contributed by atoms with Gasteiger partial charge in [0.05, 0.1) is 13.1 Å². The molecule has 1 atom stereocenters. The third kappa shape index (κ3) is 8.23. The van der Waals surface area contributed by atoms with Gasteiger partial charge in [0, 0.05) is 27.0 Å². The van der Waals surface area contributed by atoms with E-state index in [2.05, 4.69) is 33.9 Å². The molecule has 214 valence electrons. The number of carboxylic acid groups (broad SMARTS) is 1. The van der Waals surface area contributed by atoms with Gasteiger partial charge in [0.1, 0.15) is 0 Å². The summed E-state index contributed by atoms with van der Waals surface area (Å²) < 4.78 is 0. The monoisotopic (exact) mass is 595 g/mol. The lowest BCUT2D eigenvalue weighted by molar-refractivity contribution is -0.146. The minimum absolute atomic E-state index is 0.322. The zero-order valence-corrected chi connectivity index (χ0v) is 23.7. The van der Waals surface area contributed by atoms with Gasteiger partial charge < -0.3 is 31.6 Å². The summed E-state index contributed by atoms with van der Waals surface area (Å²) in [6, 6.07) is 20.1. The summed E-state index contributed by atoms with van der Waals surface area (Å²) in [7, 11) is 0. The van der Waals surface area contributed by atoms with Crippen molar-refractivity contribution in [2.24, 2.45) is 10.9 Å². The number of aliphatic hydroxyl groups is 1. The SMILES string of the molecule is N/N=C(/Nc1cc(Cl)cc(Cl)c1)N(Cc1ccc(C(=O)NC[C@@H](O)C(=O)O)cc1)c1ccc(C2=CCCCC2)cc1. The van der Waals surface area contributed by atoms with E-state index >= 15 is 0 Å². The minimum atomic E-state index is -1.68. The molecular formula is C30H31Cl2N5O4. The Balaban J connectivity index is 1.58. The molecule has 0 aromatic heterocycles. The highest BCUT2D eigenvalue weighted by Crippen LogP contribution is 2.29. The molecule has 0 fully saturated rings. The molecule has 0 heterocycles. The van der Waals surface area contributed by atoms with Gasteiger partial charge in [0.2, 0.25) is 5.96 Å². The van der Waals surface area contributed by atoms with E-state index in [0.717, 1.165) is 24.1 Å². The first-order valence-electron chi connectivity index (χ1n) is 13.1. The number of nitrogens with one attached hydrogen (secondary N) is 2. The van der Waals surface area contributed by atoms with Gasteiger partial charge in [-0.3, -0.25) is 4.79 Å². The van der Waals surface area contributed by atoms with Crippen LogP contribution in [-0.4, -0.2) is 40.7 Å². The molecule has 41 heavy (non-hydrogen) atoms. The van der Waals surface area contributed by atoms with Crippen molar-refractivity contribution < 1.29 is 19.8 Å². The van der Waals surface area contributed by atoms with Gasteiger partial charge in [-0.1, -0.05) is 53.5 Å². The number of hydrazone groups is 1. The summed E-state index contributed by atoms with van der Waals surface area (Å²) in [4.78, 5) is 25.1. The quantitative estimate of drug-likeness (QED) is 0.0955. The molecule has 1 aliphatic carbocycles. The highest BCUT2D eigenvalue weighted by molar-refractivity contribution is 6.35. The third-order valence-corrected chi connectivity index (χ3v) is 7.07. The van der Waals surface area contributed by atoms with Gasteiger partial charge in [-0.2, -0.15) is 0 Å². The number of allylic oxidation sites excluding steroid dienone is 2. The van der Waals surface area contributed by atoms with E-state index in [4.69, 9.17) is 34.2 Å². The normalized spacial score (nSPS) is 14.1. The number of aliphatic hydroxyl groups excluding tert-OH is 1. The molecule has 0 radical (unpaired) electrons. The van der Waals surface area contributed by atoms with E-state index in [1.54, 1.807) is 42.5 Å². The number of rotatable bonds is 9. The Morgan fingerprint density at radius 2 is 1.68 bits per heavy atom. The number of carbonyl (C=O) groups excluding carboxylic acids is 1. The van der Waals surface area contributed by atoms with Crippen LogP contribution in [0.3, 0.4) is 0 Å². The van der Waals surface area contributed by atoms with E-state index in [1.807, 2.05) is 17.0 Å². The Bertz CT molecular complexity index is 1420. The predicted molar refractivity (Wildman–Crippen MR) is 163 cm³/mol. The predicted octanol–water partition coefficient (Wildman–Crippen LogP) is 5.47. The van der Waals surface area contributed by atoms with Crippen molar-refractivity contribution in [3.63, 3.8) is 0 Å². The number of hydrogen-bond acceptors (Lipinski definition) is 5. The number of hydrogen-bond donors (Lipinski definition) is 5. The molecule has 6 N–H and O–H groups in total. The van der Waals surface area contributed by atoms with Crippen LogP contribution in [0.15, 0.2) is 77.9 Å². The summed E-state index contributed by atoms with van der Waals surface area (Å²) in [5.74, 6) is 4.31. The van der Waals surface area contributed by atoms with Crippen molar-refractivity contribution in [1.82, 2.24) is 5.32 Å². The van der Waals surface area contributed by atoms with Gasteiger partial charge in [-0.25, -0.2) is 4.79 Å². The molecule has 1 amide bonds. The molecule has 0 aliphatic heterocycles. The minimum Gasteiger partial charge on any atom is -0.479 e. The fourth-order valence-corrected chi connectivity index (χ4v) is 5.02. The third-order valence-electron chi connectivity index (χ3n) is 6.64. The summed E-state index contributed by atoms with van der Waals surface area (Å²) in [6.07, 6.45) is 5.18. The molecule has 9 nitrogen and oxygen atoms in total. The Kier molecular flexibility index (Phi) is 10.2. The number of nitrogens with two attached hydrogens (primary N) is 1. The Morgan fingerprint density at radius 1 is 1.00 bits per heavy atom. The largest absolute Gasteiger partial charge is 0.479 e. The topological polar surface area (TPSA) is 140 Å². The van der Waals surface area contributed by atoms with E-state index in [1.165, 1.54) is 24.0 Å². The number of guanidine groups is 1. The molecule has 0 saturated carbocycles. The fraction of sp³-hybridized carbons (Fsp3) is 0.233. The van der Waals surface area contributed by atoms with Crippen LogP contribution in [0.5, 0.6) is 0 Å². The molecule has 0 spiro atoms. The van der Waals surface area contributed by atoms with Gasteiger partial charge in [-0.15, -0.1) is 5.10 Å². The van der Waals surface area contributed by atoms with Crippen LogP contribution in [0, 0.1) is 0 Å². The summed E-state index contributed by atoms with van der Waals surface area (Å²) in [5, 5.41) is 28.8. The van der Waals surface area contributed by atoms with Crippen molar-refractivity contribution in [2.45, 2.75) is 38.3 Å². The molecule has 11 heteroatoms. The zero-order chi connectivity index (χ0) is 29.4. The van der Waals surface area contributed by atoms with E-state index in [9.17, 15) is 14.7 Å². The number of aliphatic carboxylic acids is 1. The Hall–Kier alpha value is -4.05. The molecular weight excluding hydrogens is 565 g/mol. The van der Waals surface area contributed by atoms with Gasteiger partial charge in [0.15, 0.2) is 6.10 Å². The maximum atomic E-state index is 12.4. The highest BCUT2D eigenvalue weighted by Gasteiger charge is 2.18. The van der Waals surface area contributed by atoms with Crippen molar-refractivity contribution in [2.75, 3.05) is 16.8 Å². The van der Waals surface area contributed by atoms with Crippen LogP contribution in [0.4, 0.5) is 11.4 Å². The number of amides is 1. The average molecular weight is 597 g/mol. The first-order valence-corrected chi connectivity index (χ1v) is 13.8. The van der Waals surface area contributed by atoms with Crippen LogP contribution < -0.4 is 21.4 Å². The first-order chi connectivity index (χ1) is 19.7. The second-order valence-electron chi connectivity index (χ2n) is 9.60. The molecule has 4 rings (SSSR count). The number of benzene rings is 3. The maximum absolute atomic E-state index is 12.4. The van der Waals surface area contributed by atoms with E-state index < -0.39 is 24.5 Å². The second kappa shape index (κ2) is 14.0. The highest BCUT2D eigenvalue weighted by atomic mass is 35.5. The van der Waals surface area contributed by atoms with Crippen molar-refractivity contribution in [3.8, 4) is 0 Å². The molecule has 0 unspecified atom stereocenters. The summed E-state index contributed by atoms with van der Waals surface area (Å²) in [5.41, 5.74) is 5.13. The lowest BCUT2D eigenvalue weighted by Crippen LogP contribution is -2.37. The fourth-order valence-electron chi connectivity index (χ4n) is 4.49. The van der Waals surface area contributed by atoms with Crippen LogP contribution in [0.1, 0.15) is 47.2 Å². The van der Waals surface area contributed by atoms with Gasteiger partial charge in [-0.05, 0) is 84.8 Å². The Morgan fingerprint density at radius 3 is 2.27 bits per heavy atom. The van der Waals surface area contributed by atoms with Crippen molar-refractivity contribution in [1.29, 1.82) is 0 Å². The lowest BCUT2D eigenvalue weighted by Gasteiger charge is -2.27. The first kappa shape index (κ1) is 29.9. The average Bonchev–Trinajstić information content (AvgIpc) is 2.97. The van der Waals surface area contributed by atoms with Crippen LogP contribution >= 0.6 is 23.2 Å². The molecule has 3 aromatic carbocycles. The smallest absolute Gasteiger partial charge is 0.334 e. The van der Waals surface area contributed by atoms with Crippen molar-refractivity contribution in [3.05, 3.63) is 99.5 Å². The maximum Gasteiger partial charge on any atom is 0.334 e. The van der Waals surface area contributed by atoms with Crippen LogP contribution in [0.25, 0.3) is 5.57 Å². The number of carboxylic acids is 1. The summed E-state index contributed by atoms with van der Waals surface area (Å²) in [6.45, 7) is -0.0505. The second-order valence-corrected chi connectivity index (χ2v) is 10.5. The molecule has 1 aliphatic rings. The van der Waals surface area contributed by atoms with Crippen molar-refractivity contribution >= 4 is 58.0 Å². The molecule has 0 saturated heterocycles.